The minimum Gasteiger partial charge on any atom is -0.444 e. The number of hydrogen-bond acceptors (Lipinski definition) is 5. The molecule has 1 N–H and O–H groups in total. The molecule has 1 unspecified atom stereocenters. The zero-order valence-electron chi connectivity index (χ0n) is 16.1. The van der Waals surface area contributed by atoms with Crippen molar-refractivity contribution in [1.29, 1.82) is 0 Å². The fraction of sp³-hybridized carbons (Fsp3) is 0.556. The number of alkyl carbamates (subject to hydrolysis) is 1. The van der Waals surface area contributed by atoms with Gasteiger partial charge >= 0.3 is 6.09 Å². The van der Waals surface area contributed by atoms with Crippen LogP contribution in [0.5, 0.6) is 0 Å². The standard InChI is InChI=1S/C18H24F2N2O4S/c1-16(2,3)26-15(23)21-14-17(4,5)27(24,25)13(20)18(6,22-14)11-9-7-8-10-12(11)19/h7-10,13H,1-6H3,(H,21,22,23)/t13?,18-/m1/s1. The average molecular weight is 402 g/mol. The Morgan fingerprint density at radius 2 is 1.78 bits per heavy atom. The predicted octanol–water partition coefficient (Wildman–Crippen LogP) is 3.47. The fourth-order valence-corrected chi connectivity index (χ4v) is 4.41. The zero-order chi connectivity index (χ0) is 20.8. The van der Waals surface area contributed by atoms with Crippen LogP contribution in [-0.4, -0.2) is 36.2 Å². The summed E-state index contributed by atoms with van der Waals surface area (Å²) in [5.74, 6) is -1.10. The van der Waals surface area contributed by atoms with Crippen molar-refractivity contribution < 1.29 is 26.7 Å². The van der Waals surface area contributed by atoms with E-state index in [0.29, 0.717) is 0 Å². The Morgan fingerprint density at radius 1 is 1.22 bits per heavy atom. The van der Waals surface area contributed by atoms with Crippen LogP contribution in [0.25, 0.3) is 0 Å². The summed E-state index contributed by atoms with van der Waals surface area (Å²) >= 11 is 0. The first-order valence-corrected chi connectivity index (χ1v) is 9.90. The largest absolute Gasteiger partial charge is 0.444 e. The number of nitrogens with one attached hydrogen (secondary N) is 1. The van der Waals surface area contributed by atoms with Crippen molar-refractivity contribution in [1.82, 2.24) is 5.32 Å². The topological polar surface area (TPSA) is 84.8 Å². The normalized spacial score (nSPS) is 26.8. The summed E-state index contributed by atoms with van der Waals surface area (Å²) in [4.78, 5) is 16.3. The maximum Gasteiger partial charge on any atom is 0.413 e. The van der Waals surface area contributed by atoms with E-state index < -0.39 is 43.1 Å². The molecule has 2 rings (SSSR count). The fourth-order valence-electron chi connectivity index (χ4n) is 2.75. The minimum atomic E-state index is -4.49. The van der Waals surface area contributed by atoms with Crippen LogP contribution in [-0.2, 0) is 20.1 Å². The monoisotopic (exact) mass is 402 g/mol. The first kappa shape index (κ1) is 21.3. The highest BCUT2D eigenvalue weighted by atomic mass is 32.2. The van der Waals surface area contributed by atoms with Gasteiger partial charge in [-0.05, 0) is 47.6 Å². The number of halogens is 2. The second-order valence-corrected chi connectivity index (χ2v) is 10.6. The smallest absolute Gasteiger partial charge is 0.413 e. The molecule has 0 fully saturated rings. The highest BCUT2D eigenvalue weighted by Gasteiger charge is 2.58. The molecule has 0 radical (unpaired) electrons. The summed E-state index contributed by atoms with van der Waals surface area (Å²) < 4.78 is 58.4. The number of hydrogen-bond donors (Lipinski definition) is 1. The van der Waals surface area contributed by atoms with E-state index in [0.717, 1.165) is 6.07 Å². The summed E-state index contributed by atoms with van der Waals surface area (Å²) in [7, 11) is -4.49. The van der Waals surface area contributed by atoms with E-state index in [1.54, 1.807) is 20.8 Å². The SMILES string of the molecule is CC(C)(C)OC(=O)NC1=N[C@](C)(c2ccccc2F)C(F)S(=O)(=O)C1(C)C. The molecule has 6 nitrogen and oxygen atoms in total. The van der Waals surface area contributed by atoms with Crippen molar-refractivity contribution in [3.63, 3.8) is 0 Å². The molecule has 1 amide bonds. The average Bonchev–Trinajstić information content (AvgIpc) is 2.50. The number of benzene rings is 1. The molecule has 9 heteroatoms. The lowest BCUT2D eigenvalue weighted by atomic mass is 9.92. The molecule has 150 valence electrons. The molecule has 0 saturated carbocycles. The van der Waals surface area contributed by atoms with E-state index in [1.807, 2.05) is 0 Å². The molecule has 1 aromatic rings. The molecule has 0 aromatic heterocycles. The lowest BCUT2D eigenvalue weighted by Gasteiger charge is -2.41. The third kappa shape index (κ3) is 3.69. The van der Waals surface area contributed by atoms with E-state index >= 15 is 4.39 Å². The highest BCUT2D eigenvalue weighted by Crippen LogP contribution is 2.44. The van der Waals surface area contributed by atoms with Crippen LogP contribution in [0.1, 0.15) is 47.1 Å². The number of alkyl halides is 1. The van der Waals surface area contributed by atoms with Gasteiger partial charge in [-0.15, -0.1) is 0 Å². The number of sulfone groups is 1. The quantitative estimate of drug-likeness (QED) is 0.780. The molecule has 27 heavy (non-hydrogen) atoms. The van der Waals surface area contributed by atoms with Gasteiger partial charge in [-0.3, -0.25) is 10.3 Å². The van der Waals surface area contributed by atoms with Gasteiger partial charge in [0.2, 0.25) is 5.50 Å². The minimum absolute atomic E-state index is 0.222. The van der Waals surface area contributed by atoms with E-state index in [1.165, 1.54) is 39.0 Å². The number of amidine groups is 1. The second kappa shape index (κ2) is 6.54. The van der Waals surface area contributed by atoms with Crippen LogP contribution in [0.15, 0.2) is 29.3 Å². The Labute approximate surface area is 157 Å². The summed E-state index contributed by atoms with van der Waals surface area (Å²) in [5, 5.41) is 2.31. The van der Waals surface area contributed by atoms with Gasteiger partial charge in [0.05, 0.1) is 0 Å². The summed E-state index contributed by atoms with van der Waals surface area (Å²) in [6, 6.07) is 5.22. The molecule has 1 aliphatic heterocycles. The summed E-state index contributed by atoms with van der Waals surface area (Å²) in [5.41, 5.74) is -5.62. The first-order chi connectivity index (χ1) is 12.1. The second-order valence-electron chi connectivity index (χ2n) is 8.09. The van der Waals surface area contributed by atoms with Crippen LogP contribution in [0, 0.1) is 5.82 Å². The maximum atomic E-state index is 15.1. The van der Waals surface area contributed by atoms with Crippen molar-refractivity contribution in [2.24, 2.45) is 4.99 Å². The molecule has 0 spiro atoms. The van der Waals surface area contributed by atoms with Gasteiger partial charge in [-0.2, -0.15) is 0 Å². The molecule has 0 aliphatic carbocycles. The Kier molecular flexibility index (Phi) is 5.15. The lowest BCUT2D eigenvalue weighted by molar-refractivity contribution is 0.0560. The van der Waals surface area contributed by atoms with Gasteiger partial charge in [0.15, 0.2) is 9.84 Å². The van der Waals surface area contributed by atoms with Crippen molar-refractivity contribution in [2.45, 2.75) is 62.9 Å². The van der Waals surface area contributed by atoms with Crippen LogP contribution in [0.4, 0.5) is 13.6 Å². The van der Waals surface area contributed by atoms with Crippen molar-refractivity contribution >= 4 is 21.8 Å². The Hall–Kier alpha value is -2.03. The van der Waals surface area contributed by atoms with E-state index in [9.17, 15) is 17.6 Å². The lowest BCUT2D eigenvalue weighted by Crippen LogP contribution is -2.60. The van der Waals surface area contributed by atoms with E-state index in [2.05, 4.69) is 10.3 Å². The van der Waals surface area contributed by atoms with Crippen LogP contribution in [0.3, 0.4) is 0 Å². The molecule has 2 atom stereocenters. The molecular weight excluding hydrogens is 378 g/mol. The van der Waals surface area contributed by atoms with Crippen molar-refractivity contribution in [3.8, 4) is 0 Å². The number of aliphatic imine (C=N–C) groups is 1. The Morgan fingerprint density at radius 3 is 2.30 bits per heavy atom. The highest BCUT2D eigenvalue weighted by molar-refractivity contribution is 7.94. The maximum absolute atomic E-state index is 15.1. The number of amides is 1. The van der Waals surface area contributed by atoms with Gasteiger partial charge < -0.3 is 4.74 Å². The number of rotatable bonds is 1. The summed E-state index contributed by atoms with van der Waals surface area (Å²) in [6.07, 6.45) is -0.933. The number of carbonyl (C=O) groups is 1. The third-order valence-electron chi connectivity index (χ3n) is 4.38. The van der Waals surface area contributed by atoms with Gasteiger partial charge in [0.1, 0.15) is 27.5 Å². The van der Waals surface area contributed by atoms with E-state index in [-0.39, 0.29) is 11.4 Å². The van der Waals surface area contributed by atoms with Gasteiger partial charge in [0.25, 0.3) is 0 Å². The molecular formula is C18H24F2N2O4S. The summed E-state index contributed by atoms with van der Waals surface area (Å²) in [6.45, 7) is 8.55. The number of ether oxygens (including phenoxy) is 1. The van der Waals surface area contributed by atoms with Gasteiger partial charge in [-0.1, -0.05) is 18.2 Å². The van der Waals surface area contributed by atoms with Gasteiger partial charge in [-0.25, -0.2) is 22.0 Å². The van der Waals surface area contributed by atoms with E-state index in [4.69, 9.17) is 4.74 Å². The molecule has 0 saturated heterocycles. The van der Waals surface area contributed by atoms with Crippen molar-refractivity contribution in [3.05, 3.63) is 35.6 Å². The number of carbonyl (C=O) groups excluding carboxylic acids is 1. The number of nitrogens with zero attached hydrogens (tertiary/aromatic N) is 1. The first-order valence-electron chi connectivity index (χ1n) is 8.36. The molecule has 0 bridgehead atoms. The Bertz CT molecular complexity index is 891. The van der Waals surface area contributed by atoms with Crippen molar-refractivity contribution in [2.75, 3.05) is 0 Å². The Balaban J connectivity index is 2.62. The van der Waals surface area contributed by atoms with Crippen LogP contribution < -0.4 is 5.32 Å². The predicted molar refractivity (Wildman–Crippen MR) is 98.5 cm³/mol. The molecule has 1 aliphatic rings. The van der Waals surface area contributed by atoms with Crippen LogP contribution in [0.2, 0.25) is 0 Å². The molecule has 1 heterocycles. The third-order valence-corrected chi connectivity index (χ3v) is 7.00. The van der Waals surface area contributed by atoms with Gasteiger partial charge in [0, 0.05) is 5.56 Å². The zero-order valence-corrected chi connectivity index (χ0v) is 16.9. The molecule has 1 aromatic carbocycles. The van der Waals surface area contributed by atoms with Crippen LogP contribution >= 0.6 is 0 Å².